The van der Waals surface area contributed by atoms with Gasteiger partial charge in [-0.25, -0.2) is 13.8 Å². The molecule has 0 atom stereocenters. The summed E-state index contributed by atoms with van der Waals surface area (Å²) in [6, 6.07) is 4.51. The highest BCUT2D eigenvalue weighted by atomic mass is 79.9. The largest absolute Gasteiger partial charge is 0.440 e. The highest BCUT2D eigenvalue weighted by molar-refractivity contribution is 9.08. The molecule has 5 heteroatoms. The second-order valence-corrected chi connectivity index (χ2v) is 3.30. The molecule has 0 aliphatic rings. The van der Waals surface area contributed by atoms with Crippen LogP contribution in [0.3, 0.4) is 0 Å². The number of oxazole rings is 1. The van der Waals surface area contributed by atoms with E-state index < -0.39 is 6.43 Å². The highest BCUT2D eigenvalue weighted by Gasteiger charge is 2.15. The van der Waals surface area contributed by atoms with Gasteiger partial charge in [0.05, 0.1) is 5.33 Å². The summed E-state index contributed by atoms with van der Waals surface area (Å²) >= 11 is 3.15. The van der Waals surface area contributed by atoms with Crippen LogP contribution < -0.4 is 0 Å². The Bertz CT molecular complexity index is 455. The summed E-state index contributed by atoms with van der Waals surface area (Å²) in [7, 11) is 0. The van der Waals surface area contributed by atoms with Gasteiger partial charge in [0.15, 0.2) is 5.58 Å². The topological polar surface area (TPSA) is 26.0 Å². The van der Waals surface area contributed by atoms with Gasteiger partial charge in [-0.2, -0.15) is 0 Å². The summed E-state index contributed by atoms with van der Waals surface area (Å²) in [4.78, 5) is 3.96. The Morgan fingerprint density at radius 1 is 1.43 bits per heavy atom. The van der Waals surface area contributed by atoms with E-state index in [1.165, 1.54) is 12.1 Å². The van der Waals surface area contributed by atoms with Crippen LogP contribution in [-0.4, -0.2) is 4.98 Å². The molecule has 0 spiro atoms. The Balaban J connectivity index is 2.66. The first-order valence-electron chi connectivity index (χ1n) is 3.95. The average Bonchev–Trinajstić information content (AvgIpc) is 2.59. The second kappa shape index (κ2) is 3.65. The first kappa shape index (κ1) is 9.58. The van der Waals surface area contributed by atoms with E-state index in [0.29, 0.717) is 16.8 Å². The fourth-order valence-electron chi connectivity index (χ4n) is 1.25. The third-order valence-corrected chi connectivity index (χ3v) is 2.32. The lowest BCUT2D eigenvalue weighted by Gasteiger charge is -1.97. The molecular formula is C9H6BrF2NO. The van der Waals surface area contributed by atoms with Gasteiger partial charge in [0.2, 0.25) is 5.89 Å². The van der Waals surface area contributed by atoms with Crippen LogP contribution in [0.5, 0.6) is 0 Å². The van der Waals surface area contributed by atoms with Gasteiger partial charge in [0.1, 0.15) is 5.52 Å². The number of rotatable bonds is 2. The van der Waals surface area contributed by atoms with Crippen LogP contribution in [0.1, 0.15) is 17.9 Å². The molecule has 0 N–H and O–H groups in total. The molecule has 0 saturated heterocycles. The van der Waals surface area contributed by atoms with Gasteiger partial charge in [-0.1, -0.05) is 28.1 Å². The number of fused-ring (bicyclic) bond motifs is 1. The van der Waals surface area contributed by atoms with Crippen LogP contribution >= 0.6 is 15.9 Å². The Hall–Kier alpha value is -0.970. The van der Waals surface area contributed by atoms with E-state index in [0.717, 1.165) is 0 Å². The van der Waals surface area contributed by atoms with Gasteiger partial charge in [0, 0.05) is 5.56 Å². The quantitative estimate of drug-likeness (QED) is 0.772. The summed E-state index contributed by atoms with van der Waals surface area (Å²) in [6.45, 7) is 0. The Morgan fingerprint density at radius 3 is 2.86 bits per heavy atom. The Labute approximate surface area is 87.1 Å². The SMILES string of the molecule is FC(F)c1cccc2oc(CBr)nc12. The van der Waals surface area contributed by atoms with Crippen molar-refractivity contribution >= 4 is 27.0 Å². The molecule has 0 amide bonds. The van der Waals surface area contributed by atoms with Gasteiger partial charge in [-0.05, 0) is 6.07 Å². The van der Waals surface area contributed by atoms with Gasteiger partial charge >= 0.3 is 0 Å². The first-order valence-corrected chi connectivity index (χ1v) is 5.07. The maximum atomic E-state index is 12.5. The monoisotopic (exact) mass is 261 g/mol. The van der Waals surface area contributed by atoms with Crippen molar-refractivity contribution in [3.8, 4) is 0 Å². The van der Waals surface area contributed by atoms with Gasteiger partial charge in [-0.3, -0.25) is 0 Å². The van der Waals surface area contributed by atoms with E-state index >= 15 is 0 Å². The van der Waals surface area contributed by atoms with E-state index in [2.05, 4.69) is 20.9 Å². The molecular weight excluding hydrogens is 256 g/mol. The van der Waals surface area contributed by atoms with E-state index in [-0.39, 0.29) is 11.1 Å². The molecule has 0 aliphatic heterocycles. The number of alkyl halides is 3. The minimum absolute atomic E-state index is 0.0848. The zero-order valence-corrected chi connectivity index (χ0v) is 8.59. The molecule has 0 radical (unpaired) electrons. The van der Waals surface area contributed by atoms with Gasteiger partial charge < -0.3 is 4.42 Å². The fourth-order valence-corrected chi connectivity index (χ4v) is 1.49. The number of hydrogen-bond donors (Lipinski definition) is 0. The number of nitrogens with zero attached hydrogens (tertiary/aromatic N) is 1. The molecule has 0 unspecified atom stereocenters. The van der Waals surface area contributed by atoms with Crippen LogP contribution in [-0.2, 0) is 5.33 Å². The minimum Gasteiger partial charge on any atom is -0.440 e. The van der Waals surface area contributed by atoms with E-state index in [1.807, 2.05) is 0 Å². The van der Waals surface area contributed by atoms with Crippen LogP contribution in [0, 0.1) is 0 Å². The Kier molecular flexibility index (Phi) is 2.50. The van der Waals surface area contributed by atoms with Crippen molar-refractivity contribution in [2.24, 2.45) is 0 Å². The third-order valence-electron chi connectivity index (χ3n) is 1.84. The summed E-state index contributed by atoms with van der Waals surface area (Å²) in [5, 5.41) is 0.421. The standard InChI is InChI=1S/C9H6BrF2NO/c10-4-7-13-8-5(9(11)12)2-1-3-6(8)14-7/h1-3,9H,4H2. The van der Waals surface area contributed by atoms with Crippen molar-refractivity contribution < 1.29 is 13.2 Å². The van der Waals surface area contributed by atoms with Crippen molar-refractivity contribution in [1.82, 2.24) is 4.98 Å². The first-order chi connectivity index (χ1) is 6.72. The lowest BCUT2D eigenvalue weighted by atomic mass is 10.2. The van der Waals surface area contributed by atoms with Crippen LogP contribution in [0.25, 0.3) is 11.1 Å². The molecule has 14 heavy (non-hydrogen) atoms. The summed E-state index contributed by atoms with van der Waals surface area (Å²) in [5.74, 6) is 0.410. The maximum Gasteiger partial charge on any atom is 0.266 e. The van der Waals surface area contributed by atoms with E-state index in [1.54, 1.807) is 6.07 Å². The molecule has 0 aliphatic carbocycles. The third kappa shape index (κ3) is 1.52. The molecule has 0 fully saturated rings. The maximum absolute atomic E-state index is 12.5. The number of benzene rings is 1. The molecule has 2 aromatic rings. The van der Waals surface area contributed by atoms with Crippen molar-refractivity contribution in [2.75, 3.05) is 0 Å². The predicted molar refractivity (Wildman–Crippen MR) is 51.6 cm³/mol. The molecule has 1 aromatic heterocycles. The smallest absolute Gasteiger partial charge is 0.266 e. The van der Waals surface area contributed by atoms with Crippen LogP contribution in [0.4, 0.5) is 8.78 Å². The van der Waals surface area contributed by atoms with Crippen LogP contribution in [0.15, 0.2) is 22.6 Å². The Morgan fingerprint density at radius 2 is 2.21 bits per heavy atom. The zero-order chi connectivity index (χ0) is 10.1. The molecule has 1 heterocycles. The summed E-state index contributed by atoms with van der Waals surface area (Å²) in [5.41, 5.74) is 0.563. The van der Waals surface area contributed by atoms with Crippen molar-refractivity contribution in [2.45, 2.75) is 11.8 Å². The molecule has 1 aromatic carbocycles. The minimum atomic E-state index is -2.52. The number of para-hydroxylation sites is 1. The number of hydrogen-bond acceptors (Lipinski definition) is 2. The van der Waals surface area contributed by atoms with Gasteiger partial charge in [-0.15, -0.1) is 0 Å². The summed E-state index contributed by atoms with van der Waals surface area (Å²) < 4.78 is 30.3. The molecule has 2 nitrogen and oxygen atoms in total. The highest BCUT2D eigenvalue weighted by Crippen LogP contribution is 2.27. The molecule has 0 saturated carbocycles. The predicted octanol–water partition coefficient (Wildman–Crippen LogP) is 3.66. The van der Waals surface area contributed by atoms with E-state index in [9.17, 15) is 8.78 Å². The number of aromatic nitrogens is 1. The molecule has 0 bridgehead atoms. The average molecular weight is 262 g/mol. The lowest BCUT2D eigenvalue weighted by Crippen LogP contribution is -1.85. The second-order valence-electron chi connectivity index (χ2n) is 2.74. The molecule has 2 rings (SSSR count). The van der Waals surface area contributed by atoms with Crippen molar-refractivity contribution in [3.05, 3.63) is 29.7 Å². The van der Waals surface area contributed by atoms with E-state index in [4.69, 9.17) is 4.42 Å². The lowest BCUT2D eigenvalue weighted by molar-refractivity contribution is 0.153. The molecule has 74 valence electrons. The zero-order valence-electron chi connectivity index (χ0n) is 7.01. The summed E-state index contributed by atoms with van der Waals surface area (Å²) in [6.07, 6.45) is -2.52. The number of halogens is 3. The van der Waals surface area contributed by atoms with Crippen molar-refractivity contribution in [3.63, 3.8) is 0 Å². The normalized spacial score (nSPS) is 11.4. The van der Waals surface area contributed by atoms with Gasteiger partial charge in [0.25, 0.3) is 6.43 Å². The van der Waals surface area contributed by atoms with Crippen molar-refractivity contribution in [1.29, 1.82) is 0 Å². The fraction of sp³-hybridized carbons (Fsp3) is 0.222. The van der Waals surface area contributed by atoms with Crippen LogP contribution in [0.2, 0.25) is 0 Å².